The van der Waals surface area contributed by atoms with E-state index in [2.05, 4.69) is 62.4 Å². The fourth-order valence-electron chi connectivity index (χ4n) is 3.74. The van der Waals surface area contributed by atoms with Gasteiger partial charge in [-0.2, -0.15) is 10.5 Å². The quantitative estimate of drug-likeness (QED) is 0.290. The molecule has 0 saturated carbocycles. The zero-order valence-corrected chi connectivity index (χ0v) is 15.8. The van der Waals surface area contributed by atoms with Crippen LogP contribution in [-0.4, -0.2) is 0 Å². The topological polar surface area (TPSA) is 47.6 Å². The van der Waals surface area contributed by atoms with Gasteiger partial charge in [-0.15, -0.1) is 22.7 Å². The summed E-state index contributed by atoms with van der Waals surface area (Å²) in [6, 6.07) is 17.1. The van der Waals surface area contributed by atoms with Crippen LogP contribution in [-0.2, 0) is 0 Å². The van der Waals surface area contributed by atoms with Crippen molar-refractivity contribution >= 4 is 48.4 Å². The number of rotatable bonds is 0. The second kappa shape index (κ2) is 5.29. The van der Waals surface area contributed by atoms with Gasteiger partial charge in [-0.05, 0) is 37.1 Å². The average Bonchev–Trinajstić information content (AvgIpc) is 3.24. The normalized spacial score (nSPS) is 12.1. The van der Waals surface area contributed by atoms with Crippen LogP contribution >= 0.6 is 22.7 Å². The van der Waals surface area contributed by atoms with Crippen LogP contribution in [0.15, 0.2) is 42.0 Å². The Bertz CT molecular complexity index is 1260. The Balaban J connectivity index is 2.00. The van der Waals surface area contributed by atoms with Crippen molar-refractivity contribution in [3.05, 3.63) is 64.2 Å². The summed E-state index contributed by atoms with van der Waals surface area (Å²) in [7, 11) is 0. The first-order valence-electron chi connectivity index (χ1n) is 8.24. The van der Waals surface area contributed by atoms with Crippen LogP contribution in [0.4, 0.5) is 0 Å². The van der Waals surface area contributed by atoms with Crippen LogP contribution in [0.3, 0.4) is 0 Å². The fraction of sp³-hybridized carbons (Fsp3) is 0.0909. The minimum Gasteiger partial charge on any atom is -0.192 e. The molecule has 0 radical (unpaired) electrons. The van der Waals surface area contributed by atoms with E-state index in [1.807, 2.05) is 0 Å². The average molecular weight is 368 g/mol. The van der Waals surface area contributed by atoms with Crippen molar-refractivity contribution in [1.82, 2.24) is 0 Å². The van der Waals surface area contributed by atoms with Crippen molar-refractivity contribution in [2.24, 2.45) is 0 Å². The molecule has 0 amide bonds. The lowest BCUT2D eigenvalue weighted by molar-refractivity contribution is 1.46. The lowest BCUT2D eigenvalue weighted by atomic mass is 9.96. The number of hydrogen-bond acceptors (Lipinski definition) is 4. The van der Waals surface area contributed by atoms with E-state index < -0.39 is 0 Å². The van der Waals surface area contributed by atoms with E-state index in [0.29, 0.717) is 0 Å². The van der Waals surface area contributed by atoms with Crippen molar-refractivity contribution < 1.29 is 0 Å². The van der Waals surface area contributed by atoms with Crippen LogP contribution in [0.1, 0.15) is 22.3 Å². The maximum absolute atomic E-state index is 9.62. The molecule has 4 aromatic rings. The van der Waals surface area contributed by atoms with Gasteiger partial charge in [-0.3, -0.25) is 0 Å². The molecule has 2 aromatic heterocycles. The Morgan fingerprint density at radius 3 is 1.65 bits per heavy atom. The van der Waals surface area contributed by atoms with E-state index >= 15 is 0 Å². The first kappa shape index (κ1) is 15.3. The van der Waals surface area contributed by atoms with Crippen molar-refractivity contribution in [1.29, 1.82) is 10.5 Å². The van der Waals surface area contributed by atoms with Gasteiger partial charge >= 0.3 is 0 Å². The maximum atomic E-state index is 9.62. The first-order valence-corrected chi connectivity index (χ1v) is 9.87. The molecule has 0 bridgehead atoms. The summed E-state index contributed by atoms with van der Waals surface area (Å²) < 4.78 is 2.42. The van der Waals surface area contributed by atoms with Gasteiger partial charge in [0.2, 0.25) is 0 Å². The summed E-state index contributed by atoms with van der Waals surface area (Å²) in [5.41, 5.74) is 5.57. The highest BCUT2D eigenvalue weighted by atomic mass is 32.1. The molecule has 2 nitrogen and oxygen atoms in total. The molecule has 26 heavy (non-hydrogen) atoms. The molecule has 0 fully saturated rings. The number of thiophene rings is 2. The number of nitrogens with zero attached hydrogens (tertiary/aromatic N) is 2. The van der Waals surface area contributed by atoms with Crippen LogP contribution in [0.5, 0.6) is 0 Å². The first-order chi connectivity index (χ1) is 12.6. The minimum atomic E-state index is 0.200. The second-order valence-electron chi connectivity index (χ2n) is 6.59. The molecular weight excluding hydrogens is 356 g/mol. The molecule has 1 aliphatic rings. The molecule has 122 valence electrons. The predicted octanol–water partition coefficient (Wildman–Crippen LogP) is 6.56. The molecule has 2 aromatic carbocycles. The molecule has 0 unspecified atom stereocenters. The Kier molecular flexibility index (Phi) is 3.12. The van der Waals surface area contributed by atoms with Crippen LogP contribution < -0.4 is 0 Å². The SMILES string of the molecule is Cc1ccc2c3c(sc2c1)-c1sc2cc(C)ccc2c1C3=C(C#N)C#N. The molecule has 0 atom stereocenters. The standard InChI is InChI=1S/C22H12N2S2/c1-11-3-5-14-16(7-11)25-21-19(14)18(13(9-23)10-24)20-15-6-4-12(2)8-17(15)26-22(20)21/h3-8H,1-2H3. The lowest BCUT2D eigenvalue weighted by Gasteiger charge is -2.04. The highest BCUT2D eigenvalue weighted by molar-refractivity contribution is 7.29. The highest BCUT2D eigenvalue weighted by Crippen LogP contribution is 2.58. The molecule has 4 heteroatoms. The van der Waals surface area contributed by atoms with E-state index in [1.54, 1.807) is 22.7 Å². The summed E-state index contributed by atoms with van der Waals surface area (Å²) in [6.45, 7) is 4.18. The van der Waals surface area contributed by atoms with E-state index in [4.69, 9.17) is 0 Å². The summed E-state index contributed by atoms with van der Waals surface area (Å²) in [6.07, 6.45) is 0. The highest BCUT2D eigenvalue weighted by Gasteiger charge is 2.34. The van der Waals surface area contributed by atoms with Crippen molar-refractivity contribution in [2.45, 2.75) is 13.8 Å². The fourth-order valence-corrected chi connectivity index (χ4v) is 6.49. The third-order valence-corrected chi connectivity index (χ3v) is 7.34. The van der Waals surface area contributed by atoms with Crippen molar-refractivity contribution in [2.75, 3.05) is 0 Å². The zero-order valence-electron chi connectivity index (χ0n) is 14.2. The molecule has 0 N–H and O–H groups in total. The zero-order chi connectivity index (χ0) is 18.0. The molecule has 0 aliphatic heterocycles. The second-order valence-corrected chi connectivity index (χ2v) is 8.69. The maximum Gasteiger partial charge on any atom is 0.138 e. The van der Waals surface area contributed by atoms with Gasteiger partial charge < -0.3 is 0 Å². The number of benzene rings is 2. The third-order valence-electron chi connectivity index (χ3n) is 4.87. The Hall–Kier alpha value is -2.92. The Morgan fingerprint density at radius 1 is 0.769 bits per heavy atom. The molecule has 0 saturated heterocycles. The third kappa shape index (κ3) is 1.89. The number of allylic oxidation sites excluding steroid dienone is 1. The van der Waals surface area contributed by atoms with Gasteiger partial charge in [0.15, 0.2) is 0 Å². The van der Waals surface area contributed by atoms with Gasteiger partial charge in [0.25, 0.3) is 0 Å². The summed E-state index contributed by atoms with van der Waals surface area (Å²) >= 11 is 3.52. The van der Waals surface area contributed by atoms with Gasteiger partial charge in [-0.25, -0.2) is 0 Å². The number of fused-ring (bicyclic) bond motifs is 7. The lowest BCUT2D eigenvalue weighted by Crippen LogP contribution is -1.88. The molecule has 0 spiro atoms. The Morgan fingerprint density at radius 2 is 1.23 bits per heavy atom. The van der Waals surface area contributed by atoms with Crippen LogP contribution in [0, 0.1) is 36.5 Å². The minimum absolute atomic E-state index is 0.200. The molecule has 2 heterocycles. The molecule has 5 rings (SSSR count). The van der Waals surface area contributed by atoms with E-state index in [9.17, 15) is 10.5 Å². The van der Waals surface area contributed by atoms with Gasteiger partial charge in [-0.1, -0.05) is 24.3 Å². The number of hydrogen-bond donors (Lipinski definition) is 0. The van der Waals surface area contributed by atoms with Crippen LogP contribution in [0.25, 0.3) is 35.5 Å². The predicted molar refractivity (Wildman–Crippen MR) is 109 cm³/mol. The van der Waals surface area contributed by atoms with Gasteiger partial charge in [0, 0.05) is 36.9 Å². The van der Waals surface area contributed by atoms with Gasteiger partial charge in [0.05, 0.1) is 9.75 Å². The molecule has 1 aliphatic carbocycles. The Labute approximate surface area is 158 Å². The van der Waals surface area contributed by atoms with E-state index in [0.717, 1.165) is 27.5 Å². The van der Waals surface area contributed by atoms with Gasteiger partial charge in [0.1, 0.15) is 17.7 Å². The smallest absolute Gasteiger partial charge is 0.138 e. The summed E-state index contributed by atoms with van der Waals surface area (Å²) in [5.74, 6) is 0. The summed E-state index contributed by atoms with van der Waals surface area (Å²) in [4.78, 5) is 2.38. The monoisotopic (exact) mass is 368 g/mol. The van der Waals surface area contributed by atoms with E-state index in [-0.39, 0.29) is 5.57 Å². The number of nitriles is 2. The van der Waals surface area contributed by atoms with Crippen LogP contribution in [0.2, 0.25) is 0 Å². The number of aryl methyl sites for hydroxylation is 2. The van der Waals surface area contributed by atoms with Crippen molar-refractivity contribution in [3.8, 4) is 21.9 Å². The molecular formula is C22H12N2S2. The van der Waals surface area contributed by atoms with E-state index in [1.165, 1.54) is 30.3 Å². The largest absolute Gasteiger partial charge is 0.192 e. The summed E-state index contributed by atoms with van der Waals surface area (Å²) in [5, 5.41) is 21.5. The van der Waals surface area contributed by atoms with Crippen molar-refractivity contribution in [3.63, 3.8) is 0 Å².